The van der Waals surface area contributed by atoms with Gasteiger partial charge in [0.2, 0.25) is 0 Å². The van der Waals surface area contributed by atoms with Crippen molar-refractivity contribution in [3.8, 4) is 0 Å². The molecule has 0 saturated carbocycles. The molecule has 14 heavy (non-hydrogen) atoms. The van der Waals surface area contributed by atoms with Gasteiger partial charge < -0.3 is 5.73 Å². The number of rotatable bonds is 2. The van der Waals surface area contributed by atoms with Gasteiger partial charge in [-0.05, 0) is 25.5 Å². The fourth-order valence-corrected chi connectivity index (χ4v) is 1.98. The predicted octanol–water partition coefficient (Wildman–Crippen LogP) is 1.18. The summed E-state index contributed by atoms with van der Waals surface area (Å²) in [4.78, 5) is 6.76. The van der Waals surface area contributed by atoms with Crippen LogP contribution < -0.4 is 5.73 Å². The quantitative estimate of drug-likeness (QED) is 0.763. The van der Waals surface area contributed by atoms with E-state index in [1.807, 2.05) is 18.3 Å². The number of hydrogen-bond donors (Lipinski definition) is 1. The Balaban J connectivity index is 2.05. The molecule has 0 aromatic carbocycles. The van der Waals surface area contributed by atoms with Crippen molar-refractivity contribution in [1.82, 2.24) is 9.88 Å². The highest BCUT2D eigenvalue weighted by Gasteiger charge is 2.24. The maximum atomic E-state index is 5.88. The van der Waals surface area contributed by atoms with E-state index in [4.69, 9.17) is 5.73 Å². The number of likely N-dealkylation sites (tertiary alicyclic amines) is 1. The Morgan fingerprint density at radius 2 is 2.43 bits per heavy atom. The van der Waals surface area contributed by atoms with Crippen molar-refractivity contribution in [2.24, 2.45) is 5.73 Å². The number of pyridine rings is 1. The average Bonchev–Trinajstić information content (AvgIpc) is 2.65. The second-order valence-electron chi connectivity index (χ2n) is 3.97. The molecule has 1 fully saturated rings. The molecule has 2 heterocycles. The monoisotopic (exact) mass is 191 g/mol. The zero-order valence-corrected chi connectivity index (χ0v) is 8.56. The summed E-state index contributed by atoms with van der Waals surface area (Å²) in [5, 5.41) is 0. The molecule has 0 amide bonds. The third-order valence-corrected chi connectivity index (χ3v) is 2.92. The molecule has 3 heteroatoms. The lowest BCUT2D eigenvalue weighted by atomic mass is 10.2. The molecule has 0 aliphatic carbocycles. The fraction of sp³-hybridized carbons (Fsp3) is 0.545. The minimum atomic E-state index is 0.348. The minimum absolute atomic E-state index is 0.348. The highest BCUT2D eigenvalue weighted by atomic mass is 15.2. The van der Waals surface area contributed by atoms with Crippen LogP contribution in [0.15, 0.2) is 24.4 Å². The summed E-state index contributed by atoms with van der Waals surface area (Å²) in [6, 6.07) is 6.81. The Labute approximate surface area is 84.9 Å². The van der Waals surface area contributed by atoms with Crippen molar-refractivity contribution in [2.75, 3.05) is 13.1 Å². The van der Waals surface area contributed by atoms with Crippen LogP contribution in [0.1, 0.15) is 25.1 Å². The van der Waals surface area contributed by atoms with Gasteiger partial charge in [-0.2, -0.15) is 0 Å². The van der Waals surface area contributed by atoms with Crippen molar-refractivity contribution in [2.45, 2.75) is 25.4 Å². The Morgan fingerprint density at radius 3 is 3.00 bits per heavy atom. The van der Waals surface area contributed by atoms with Crippen LogP contribution in [0.25, 0.3) is 0 Å². The lowest BCUT2D eigenvalue weighted by Gasteiger charge is -2.23. The van der Waals surface area contributed by atoms with Crippen molar-refractivity contribution in [3.63, 3.8) is 0 Å². The second-order valence-corrected chi connectivity index (χ2v) is 3.97. The molecule has 2 rings (SSSR count). The van der Waals surface area contributed by atoms with Gasteiger partial charge in [0.05, 0.1) is 5.69 Å². The van der Waals surface area contributed by atoms with Crippen LogP contribution in [-0.2, 0) is 0 Å². The molecular formula is C11H17N3. The highest BCUT2D eigenvalue weighted by molar-refractivity contribution is 5.08. The van der Waals surface area contributed by atoms with Gasteiger partial charge in [-0.15, -0.1) is 0 Å². The van der Waals surface area contributed by atoms with Crippen molar-refractivity contribution in [1.29, 1.82) is 0 Å². The first-order chi connectivity index (χ1) is 6.77. The zero-order chi connectivity index (χ0) is 9.97. The van der Waals surface area contributed by atoms with Gasteiger partial charge in [-0.1, -0.05) is 6.07 Å². The molecular weight excluding hydrogens is 174 g/mol. The van der Waals surface area contributed by atoms with Gasteiger partial charge in [0, 0.05) is 31.4 Å². The van der Waals surface area contributed by atoms with Crippen LogP contribution in [0.4, 0.5) is 0 Å². The average molecular weight is 191 g/mol. The van der Waals surface area contributed by atoms with Crippen LogP contribution in [0.5, 0.6) is 0 Å². The summed E-state index contributed by atoms with van der Waals surface area (Å²) in [5.74, 6) is 0. The van der Waals surface area contributed by atoms with E-state index in [1.54, 1.807) is 0 Å². The van der Waals surface area contributed by atoms with Crippen LogP contribution in [0.2, 0.25) is 0 Å². The van der Waals surface area contributed by atoms with Gasteiger partial charge in [0.1, 0.15) is 0 Å². The van der Waals surface area contributed by atoms with E-state index in [1.165, 1.54) is 0 Å². The molecule has 0 radical (unpaired) electrons. The van der Waals surface area contributed by atoms with Gasteiger partial charge >= 0.3 is 0 Å². The number of nitrogens with zero attached hydrogens (tertiary/aromatic N) is 2. The molecule has 0 bridgehead atoms. The van der Waals surface area contributed by atoms with Crippen LogP contribution in [0.3, 0.4) is 0 Å². The minimum Gasteiger partial charge on any atom is -0.326 e. The molecule has 2 N–H and O–H groups in total. The van der Waals surface area contributed by atoms with E-state index in [2.05, 4.69) is 22.9 Å². The van der Waals surface area contributed by atoms with Gasteiger partial charge in [-0.3, -0.25) is 9.88 Å². The Bertz CT molecular complexity index is 286. The molecule has 76 valence electrons. The standard InChI is InChI=1S/C11H17N3/c1-9(11-4-2-3-6-13-11)14-7-5-10(12)8-14/h2-4,6,9-10H,5,7-8,12H2,1H3/t9-,10+/m0/s1. The fourth-order valence-electron chi connectivity index (χ4n) is 1.98. The summed E-state index contributed by atoms with van der Waals surface area (Å²) >= 11 is 0. The summed E-state index contributed by atoms with van der Waals surface area (Å²) in [7, 11) is 0. The molecule has 1 aliphatic rings. The van der Waals surface area contributed by atoms with E-state index in [0.717, 1.165) is 25.2 Å². The highest BCUT2D eigenvalue weighted by Crippen LogP contribution is 2.21. The topological polar surface area (TPSA) is 42.2 Å². The number of hydrogen-bond acceptors (Lipinski definition) is 3. The smallest absolute Gasteiger partial charge is 0.0572 e. The lowest BCUT2D eigenvalue weighted by molar-refractivity contribution is 0.255. The third kappa shape index (κ3) is 1.94. The maximum Gasteiger partial charge on any atom is 0.0572 e. The van der Waals surface area contributed by atoms with Crippen molar-refractivity contribution >= 4 is 0 Å². The summed E-state index contributed by atoms with van der Waals surface area (Å²) in [5.41, 5.74) is 7.02. The van der Waals surface area contributed by atoms with E-state index in [0.29, 0.717) is 12.1 Å². The second kappa shape index (κ2) is 4.07. The molecule has 1 saturated heterocycles. The summed E-state index contributed by atoms with van der Waals surface area (Å²) in [6.07, 6.45) is 2.96. The molecule has 2 atom stereocenters. The van der Waals surface area contributed by atoms with Gasteiger partial charge in [-0.25, -0.2) is 0 Å². The summed E-state index contributed by atoms with van der Waals surface area (Å²) < 4.78 is 0. The van der Waals surface area contributed by atoms with Gasteiger partial charge in [0.15, 0.2) is 0 Å². The molecule has 0 spiro atoms. The number of nitrogens with two attached hydrogens (primary N) is 1. The Morgan fingerprint density at radius 1 is 1.57 bits per heavy atom. The normalized spacial score (nSPS) is 25.1. The van der Waals surface area contributed by atoms with E-state index in [9.17, 15) is 0 Å². The number of aromatic nitrogens is 1. The molecule has 3 nitrogen and oxygen atoms in total. The molecule has 1 aliphatic heterocycles. The molecule has 1 aromatic heterocycles. The molecule has 0 unspecified atom stereocenters. The van der Waals surface area contributed by atoms with Gasteiger partial charge in [0.25, 0.3) is 0 Å². The van der Waals surface area contributed by atoms with E-state index < -0.39 is 0 Å². The SMILES string of the molecule is C[C@@H](c1ccccn1)N1CC[C@@H](N)C1. The zero-order valence-electron chi connectivity index (χ0n) is 8.56. The lowest BCUT2D eigenvalue weighted by Crippen LogP contribution is -2.29. The van der Waals surface area contributed by atoms with Crippen LogP contribution in [-0.4, -0.2) is 29.0 Å². The van der Waals surface area contributed by atoms with Crippen molar-refractivity contribution in [3.05, 3.63) is 30.1 Å². The van der Waals surface area contributed by atoms with Crippen LogP contribution >= 0.6 is 0 Å². The van der Waals surface area contributed by atoms with E-state index >= 15 is 0 Å². The van der Waals surface area contributed by atoms with Crippen LogP contribution in [0, 0.1) is 0 Å². The Hall–Kier alpha value is -0.930. The maximum absolute atomic E-state index is 5.88. The first-order valence-electron chi connectivity index (χ1n) is 5.18. The first kappa shape index (κ1) is 9.62. The Kier molecular flexibility index (Phi) is 2.79. The summed E-state index contributed by atoms with van der Waals surface area (Å²) in [6.45, 7) is 4.29. The predicted molar refractivity (Wildman–Crippen MR) is 56.8 cm³/mol. The first-order valence-corrected chi connectivity index (χ1v) is 5.18. The third-order valence-electron chi connectivity index (χ3n) is 2.92. The van der Waals surface area contributed by atoms with Crippen molar-refractivity contribution < 1.29 is 0 Å². The molecule has 1 aromatic rings. The largest absolute Gasteiger partial charge is 0.326 e. The van der Waals surface area contributed by atoms with E-state index in [-0.39, 0.29) is 0 Å².